The molecule has 3 aromatic carbocycles. The van der Waals surface area contributed by atoms with Crippen molar-refractivity contribution in [2.45, 2.75) is 58.5 Å². The molecule has 226 valence electrons. The molecule has 1 N–H and O–H groups in total. The summed E-state index contributed by atoms with van der Waals surface area (Å²) in [7, 11) is -4.25. The molecule has 0 aliphatic heterocycles. The monoisotopic (exact) mass is 613 g/mol. The minimum atomic E-state index is -4.25. The first kappa shape index (κ1) is 32.9. The predicted octanol–water partition coefficient (Wildman–Crippen LogP) is 5.82. The third-order valence-corrected chi connectivity index (χ3v) is 8.68. The van der Waals surface area contributed by atoms with Crippen molar-refractivity contribution in [2.24, 2.45) is 5.92 Å². The van der Waals surface area contributed by atoms with Gasteiger partial charge in [0.25, 0.3) is 10.0 Å². The smallest absolute Gasteiger partial charge is 0.264 e. The zero-order valence-electron chi connectivity index (χ0n) is 24.8. The van der Waals surface area contributed by atoms with Crippen LogP contribution in [0.3, 0.4) is 0 Å². The molecule has 42 heavy (non-hydrogen) atoms. The second-order valence-electron chi connectivity index (χ2n) is 10.4. The molecule has 3 rings (SSSR count). The van der Waals surface area contributed by atoms with Crippen molar-refractivity contribution in [2.75, 3.05) is 24.0 Å². The number of para-hydroxylation sites is 2. The van der Waals surface area contributed by atoms with E-state index in [1.807, 2.05) is 52.0 Å². The minimum Gasteiger partial charge on any atom is -0.492 e. The Balaban J connectivity index is 2.09. The van der Waals surface area contributed by atoms with Gasteiger partial charge in [0, 0.05) is 18.1 Å². The van der Waals surface area contributed by atoms with E-state index in [9.17, 15) is 18.0 Å². The van der Waals surface area contributed by atoms with Crippen LogP contribution in [0.25, 0.3) is 0 Å². The summed E-state index contributed by atoms with van der Waals surface area (Å²) in [5.74, 6) is -0.264. The van der Waals surface area contributed by atoms with E-state index >= 15 is 0 Å². The Morgan fingerprint density at radius 1 is 0.952 bits per heavy atom. The summed E-state index contributed by atoms with van der Waals surface area (Å²) in [6.07, 6.45) is 0.348. The molecule has 0 saturated heterocycles. The maximum Gasteiger partial charge on any atom is 0.264 e. The Hall–Kier alpha value is -3.56. The number of hydrogen-bond acceptors (Lipinski definition) is 5. The second kappa shape index (κ2) is 15.1. The molecule has 0 spiro atoms. The topological polar surface area (TPSA) is 96.0 Å². The highest BCUT2D eigenvalue weighted by molar-refractivity contribution is 7.92. The molecule has 3 aromatic rings. The molecule has 1 atom stereocenters. The van der Waals surface area contributed by atoms with Gasteiger partial charge in [0.2, 0.25) is 11.8 Å². The van der Waals surface area contributed by atoms with E-state index in [1.165, 1.54) is 29.2 Å². The van der Waals surface area contributed by atoms with Crippen LogP contribution in [0.4, 0.5) is 5.69 Å². The van der Waals surface area contributed by atoms with Crippen LogP contribution in [0.15, 0.2) is 77.7 Å². The first-order valence-corrected chi connectivity index (χ1v) is 15.9. The van der Waals surface area contributed by atoms with Crippen molar-refractivity contribution in [1.82, 2.24) is 10.2 Å². The average molecular weight is 614 g/mol. The molecule has 0 radical (unpaired) electrons. The van der Waals surface area contributed by atoms with Gasteiger partial charge in [-0.2, -0.15) is 0 Å². The summed E-state index contributed by atoms with van der Waals surface area (Å²) in [6, 6.07) is 19.3. The number of hydrogen-bond donors (Lipinski definition) is 1. The van der Waals surface area contributed by atoms with Crippen LogP contribution < -0.4 is 14.4 Å². The van der Waals surface area contributed by atoms with E-state index in [0.29, 0.717) is 30.3 Å². The van der Waals surface area contributed by atoms with Crippen LogP contribution in [0.1, 0.15) is 45.2 Å². The third-order valence-electron chi connectivity index (χ3n) is 6.66. The minimum absolute atomic E-state index is 0.0298. The molecule has 0 bridgehead atoms. The van der Waals surface area contributed by atoms with Crippen molar-refractivity contribution in [3.8, 4) is 5.75 Å². The fraction of sp³-hybridized carbons (Fsp3) is 0.375. The molecule has 8 nitrogen and oxygen atoms in total. The number of rotatable bonds is 14. The number of anilines is 1. The number of nitrogens with one attached hydrogen (secondary N) is 1. The number of carbonyl (C=O) groups is 2. The highest BCUT2D eigenvalue weighted by Crippen LogP contribution is 2.33. The number of nitrogens with zero attached hydrogens (tertiary/aromatic N) is 2. The van der Waals surface area contributed by atoms with Gasteiger partial charge in [0.05, 0.1) is 17.2 Å². The standard InChI is InChI=1S/C32H40ClN3O5S/c1-6-28(32(38)34-20-23(3)4)35(21-25-14-12-24(5)13-15-25)31(37)22-36(29-10-8-9-11-30(29)41-7-2)42(39,40)27-18-16-26(33)17-19-27/h8-19,23,28H,6-7,20-22H2,1-5H3,(H,34,38)/t28-/m1/s1. The first-order valence-electron chi connectivity index (χ1n) is 14.1. The quantitative estimate of drug-likeness (QED) is 0.247. The van der Waals surface area contributed by atoms with Crippen LogP contribution in [0.5, 0.6) is 5.75 Å². The van der Waals surface area contributed by atoms with Crippen LogP contribution in [0.2, 0.25) is 5.02 Å². The SMILES string of the molecule is CCOc1ccccc1N(CC(=O)N(Cc1ccc(C)cc1)[C@H](CC)C(=O)NCC(C)C)S(=O)(=O)c1ccc(Cl)cc1. The molecule has 0 unspecified atom stereocenters. The van der Waals surface area contributed by atoms with E-state index in [2.05, 4.69) is 5.32 Å². The van der Waals surface area contributed by atoms with E-state index < -0.39 is 28.5 Å². The van der Waals surface area contributed by atoms with Gasteiger partial charge >= 0.3 is 0 Å². The number of benzene rings is 3. The van der Waals surface area contributed by atoms with Gasteiger partial charge < -0.3 is 15.0 Å². The van der Waals surface area contributed by atoms with Gasteiger partial charge in [-0.15, -0.1) is 0 Å². The van der Waals surface area contributed by atoms with Crippen LogP contribution >= 0.6 is 11.6 Å². The lowest BCUT2D eigenvalue weighted by Gasteiger charge is -2.33. The summed E-state index contributed by atoms with van der Waals surface area (Å²) in [5, 5.41) is 3.32. The predicted molar refractivity (Wildman–Crippen MR) is 167 cm³/mol. The Bertz CT molecular complexity index is 1440. The van der Waals surface area contributed by atoms with Gasteiger partial charge in [-0.1, -0.05) is 74.3 Å². The Morgan fingerprint density at radius 2 is 1.60 bits per heavy atom. The lowest BCUT2D eigenvalue weighted by molar-refractivity contribution is -0.140. The molecule has 0 aromatic heterocycles. The maximum absolute atomic E-state index is 14.2. The van der Waals surface area contributed by atoms with Gasteiger partial charge in [-0.25, -0.2) is 8.42 Å². The van der Waals surface area contributed by atoms with E-state index in [-0.39, 0.29) is 29.0 Å². The van der Waals surface area contributed by atoms with Crippen molar-refractivity contribution < 1.29 is 22.7 Å². The number of halogens is 1. The number of amides is 2. The maximum atomic E-state index is 14.2. The van der Waals surface area contributed by atoms with Gasteiger partial charge in [0.15, 0.2) is 0 Å². The Labute approximate surface area is 254 Å². The number of sulfonamides is 1. The number of carbonyl (C=O) groups excluding carboxylic acids is 2. The second-order valence-corrected chi connectivity index (χ2v) is 12.7. The fourth-order valence-electron chi connectivity index (χ4n) is 4.42. The normalized spacial score (nSPS) is 12.1. The van der Waals surface area contributed by atoms with E-state index in [1.54, 1.807) is 31.2 Å². The van der Waals surface area contributed by atoms with Gasteiger partial charge in [0.1, 0.15) is 18.3 Å². The summed E-state index contributed by atoms with van der Waals surface area (Å²) < 4.78 is 35.0. The molecule has 0 saturated carbocycles. The number of ether oxygens (including phenoxy) is 1. The van der Waals surface area contributed by atoms with Crippen LogP contribution in [0, 0.1) is 12.8 Å². The molecule has 0 aliphatic rings. The Kier molecular flexibility index (Phi) is 11.8. The zero-order valence-corrected chi connectivity index (χ0v) is 26.4. The van der Waals surface area contributed by atoms with Crippen LogP contribution in [-0.2, 0) is 26.2 Å². The molecular formula is C32H40ClN3O5S. The fourth-order valence-corrected chi connectivity index (χ4v) is 5.97. The highest BCUT2D eigenvalue weighted by atomic mass is 35.5. The molecule has 0 aliphatic carbocycles. The summed E-state index contributed by atoms with van der Waals surface area (Å²) in [4.78, 5) is 29.0. The first-order chi connectivity index (χ1) is 20.0. The highest BCUT2D eigenvalue weighted by Gasteiger charge is 2.34. The van der Waals surface area contributed by atoms with Crippen molar-refractivity contribution in [3.63, 3.8) is 0 Å². The Morgan fingerprint density at radius 3 is 2.19 bits per heavy atom. The van der Waals surface area contributed by atoms with Gasteiger partial charge in [-0.05, 0) is 68.1 Å². The summed E-state index contributed by atoms with van der Waals surface area (Å²) >= 11 is 6.04. The number of aryl methyl sites for hydroxylation is 1. The van der Waals surface area contributed by atoms with Crippen LogP contribution in [-0.4, -0.2) is 50.9 Å². The van der Waals surface area contributed by atoms with Crippen molar-refractivity contribution in [3.05, 3.63) is 88.9 Å². The summed E-state index contributed by atoms with van der Waals surface area (Å²) in [6.45, 7) is 9.93. The van der Waals surface area contributed by atoms with Crippen molar-refractivity contribution >= 4 is 39.1 Å². The molecule has 0 fully saturated rings. The lowest BCUT2D eigenvalue weighted by Crippen LogP contribution is -2.52. The molecule has 0 heterocycles. The van der Waals surface area contributed by atoms with E-state index in [0.717, 1.165) is 15.4 Å². The van der Waals surface area contributed by atoms with E-state index in [4.69, 9.17) is 16.3 Å². The largest absolute Gasteiger partial charge is 0.492 e. The average Bonchev–Trinajstić information content (AvgIpc) is 2.96. The third kappa shape index (κ3) is 8.49. The van der Waals surface area contributed by atoms with Crippen molar-refractivity contribution in [1.29, 1.82) is 0 Å². The molecule has 10 heteroatoms. The molecule has 2 amide bonds. The molecular weight excluding hydrogens is 574 g/mol. The lowest BCUT2D eigenvalue weighted by atomic mass is 10.1. The van der Waals surface area contributed by atoms with Gasteiger partial charge in [-0.3, -0.25) is 13.9 Å². The zero-order chi connectivity index (χ0) is 30.9. The summed E-state index contributed by atoms with van der Waals surface area (Å²) in [5.41, 5.74) is 2.10.